The third-order valence-electron chi connectivity index (χ3n) is 6.51. The van der Waals surface area contributed by atoms with E-state index in [1.165, 1.54) is 17.7 Å². The molecule has 0 spiro atoms. The fourth-order valence-electron chi connectivity index (χ4n) is 5.72. The molecular weight excluding hydrogens is 286 g/mol. The Morgan fingerprint density at radius 3 is 1.83 bits per heavy atom. The molecule has 0 unspecified atom stereocenters. The lowest BCUT2D eigenvalue weighted by atomic mass is 9.66. The fourth-order valence-corrected chi connectivity index (χ4v) is 5.72. The molecule has 2 saturated carbocycles. The molecule has 4 atom stereocenters. The first-order chi connectivity index (χ1) is 11.3. The van der Waals surface area contributed by atoms with Crippen molar-refractivity contribution in [2.24, 2.45) is 23.7 Å². The molecule has 4 aliphatic rings. The maximum atomic E-state index is 13.2. The first-order valence-corrected chi connectivity index (χ1v) is 8.92. The molecular formula is C20H21NO2. The Morgan fingerprint density at radius 2 is 1.30 bits per heavy atom. The molecule has 3 aliphatic carbocycles. The van der Waals surface area contributed by atoms with Crippen molar-refractivity contribution < 1.29 is 9.59 Å². The van der Waals surface area contributed by atoms with Crippen molar-refractivity contribution in [3.05, 3.63) is 41.5 Å². The van der Waals surface area contributed by atoms with Crippen molar-refractivity contribution in [3.8, 4) is 0 Å². The number of carbonyl (C=O) groups is 2. The van der Waals surface area contributed by atoms with E-state index in [2.05, 4.69) is 0 Å². The zero-order valence-electron chi connectivity index (χ0n) is 13.2. The summed E-state index contributed by atoms with van der Waals surface area (Å²) in [6.45, 7) is 0. The number of para-hydroxylation sites is 1. The molecule has 3 heteroatoms. The third kappa shape index (κ3) is 1.71. The Labute approximate surface area is 136 Å². The Hall–Kier alpha value is -1.90. The maximum Gasteiger partial charge on any atom is 0.238 e. The van der Waals surface area contributed by atoms with Gasteiger partial charge in [0.1, 0.15) is 0 Å². The van der Waals surface area contributed by atoms with E-state index in [1.807, 2.05) is 30.3 Å². The van der Waals surface area contributed by atoms with Crippen LogP contribution in [0.15, 0.2) is 41.5 Å². The number of imide groups is 1. The highest BCUT2D eigenvalue weighted by molar-refractivity contribution is 6.22. The second-order valence-corrected chi connectivity index (χ2v) is 7.45. The second-order valence-electron chi connectivity index (χ2n) is 7.45. The highest BCUT2D eigenvalue weighted by atomic mass is 16.2. The molecule has 0 bridgehead atoms. The average Bonchev–Trinajstić information content (AvgIpc) is 3.26. The molecule has 1 aliphatic heterocycles. The van der Waals surface area contributed by atoms with Crippen molar-refractivity contribution >= 4 is 17.5 Å². The van der Waals surface area contributed by atoms with Gasteiger partial charge in [-0.25, -0.2) is 0 Å². The van der Waals surface area contributed by atoms with Crippen molar-refractivity contribution in [3.63, 3.8) is 0 Å². The number of carbonyl (C=O) groups excluding carboxylic acids is 2. The number of benzene rings is 1. The minimum absolute atomic E-state index is 0.0570. The van der Waals surface area contributed by atoms with Crippen LogP contribution in [0, 0.1) is 23.7 Å². The van der Waals surface area contributed by atoms with E-state index in [-0.39, 0.29) is 23.7 Å². The summed E-state index contributed by atoms with van der Waals surface area (Å²) in [6.07, 6.45) is 6.88. The summed E-state index contributed by atoms with van der Waals surface area (Å²) < 4.78 is 0. The SMILES string of the molecule is O=C1[C@@H]2[C@H](C(=O)N1c1ccccc1)[C@@H]1CCCC1=C1CCC[C@@H]12. The summed E-state index contributed by atoms with van der Waals surface area (Å²) in [5, 5.41) is 0. The molecule has 0 radical (unpaired) electrons. The van der Waals surface area contributed by atoms with E-state index in [0.717, 1.165) is 31.4 Å². The van der Waals surface area contributed by atoms with Gasteiger partial charge in [0.15, 0.2) is 0 Å². The highest BCUT2D eigenvalue weighted by Crippen LogP contribution is 2.57. The van der Waals surface area contributed by atoms with Crippen LogP contribution in [-0.4, -0.2) is 11.8 Å². The van der Waals surface area contributed by atoms with Gasteiger partial charge >= 0.3 is 0 Å². The molecule has 3 fully saturated rings. The lowest BCUT2D eigenvalue weighted by molar-refractivity contribution is -0.122. The van der Waals surface area contributed by atoms with Crippen molar-refractivity contribution in [2.75, 3.05) is 4.90 Å². The minimum Gasteiger partial charge on any atom is -0.274 e. The van der Waals surface area contributed by atoms with Gasteiger partial charge in [0.2, 0.25) is 11.8 Å². The number of rotatable bonds is 1. The average molecular weight is 307 g/mol. The smallest absolute Gasteiger partial charge is 0.238 e. The van der Waals surface area contributed by atoms with Gasteiger partial charge in [-0.15, -0.1) is 0 Å². The van der Waals surface area contributed by atoms with E-state index >= 15 is 0 Å². The van der Waals surface area contributed by atoms with Gasteiger partial charge in [-0.3, -0.25) is 14.5 Å². The van der Waals surface area contributed by atoms with E-state index in [4.69, 9.17) is 0 Å². The molecule has 0 N–H and O–H groups in total. The zero-order valence-corrected chi connectivity index (χ0v) is 13.2. The van der Waals surface area contributed by atoms with Crippen LogP contribution < -0.4 is 4.90 Å². The molecule has 5 rings (SSSR count). The number of fused-ring (bicyclic) bond motifs is 5. The monoisotopic (exact) mass is 307 g/mol. The standard InChI is InChI=1S/C20H21NO2/c22-19-17-15-10-4-8-13(15)14-9-5-11-16(14)18(17)20(23)21(19)12-6-2-1-3-7-12/h1-3,6-7,15-18H,4-5,8-11H2/t15-,16+,17-,18+. The maximum absolute atomic E-state index is 13.2. The van der Waals surface area contributed by atoms with E-state index in [9.17, 15) is 9.59 Å². The molecule has 3 nitrogen and oxygen atoms in total. The fraction of sp³-hybridized carbons (Fsp3) is 0.500. The number of allylic oxidation sites excluding steroid dienone is 2. The Kier molecular flexibility index (Phi) is 2.82. The molecule has 1 aromatic carbocycles. The first kappa shape index (κ1) is 13.5. The highest BCUT2D eigenvalue weighted by Gasteiger charge is 2.59. The summed E-state index contributed by atoms with van der Waals surface area (Å²) in [5.41, 5.74) is 3.87. The van der Waals surface area contributed by atoms with Crippen LogP contribution in [0.4, 0.5) is 5.69 Å². The summed E-state index contributed by atoms with van der Waals surface area (Å²) in [4.78, 5) is 27.8. The normalized spacial score (nSPS) is 35.6. The summed E-state index contributed by atoms with van der Waals surface area (Å²) in [5.74, 6) is 0.617. The Morgan fingerprint density at radius 1 is 0.783 bits per heavy atom. The van der Waals surface area contributed by atoms with Crippen LogP contribution in [0.5, 0.6) is 0 Å². The minimum atomic E-state index is -0.0907. The lowest BCUT2D eigenvalue weighted by Gasteiger charge is -2.34. The number of amides is 2. The van der Waals surface area contributed by atoms with Gasteiger partial charge in [0.25, 0.3) is 0 Å². The van der Waals surface area contributed by atoms with Gasteiger partial charge in [-0.05, 0) is 62.5 Å². The number of hydrogen-bond acceptors (Lipinski definition) is 2. The van der Waals surface area contributed by atoms with Gasteiger partial charge in [-0.2, -0.15) is 0 Å². The van der Waals surface area contributed by atoms with E-state index in [0.29, 0.717) is 11.8 Å². The first-order valence-electron chi connectivity index (χ1n) is 8.92. The third-order valence-corrected chi connectivity index (χ3v) is 6.51. The van der Waals surface area contributed by atoms with Gasteiger partial charge < -0.3 is 0 Å². The van der Waals surface area contributed by atoms with Crippen LogP contribution in [0.25, 0.3) is 0 Å². The number of nitrogens with zero attached hydrogens (tertiary/aromatic N) is 1. The molecule has 1 aromatic rings. The predicted octanol–water partition coefficient (Wildman–Crippen LogP) is 3.70. The summed E-state index contributed by atoms with van der Waals surface area (Å²) in [6, 6.07) is 9.49. The molecule has 1 saturated heterocycles. The molecule has 23 heavy (non-hydrogen) atoms. The number of hydrogen-bond donors (Lipinski definition) is 0. The van der Waals surface area contributed by atoms with Crippen molar-refractivity contribution in [1.29, 1.82) is 0 Å². The van der Waals surface area contributed by atoms with Gasteiger partial charge in [0.05, 0.1) is 17.5 Å². The lowest BCUT2D eigenvalue weighted by Crippen LogP contribution is -2.35. The van der Waals surface area contributed by atoms with Crippen LogP contribution >= 0.6 is 0 Å². The zero-order chi connectivity index (χ0) is 15.6. The van der Waals surface area contributed by atoms with Crippen molar-refractivity contribution in [1.82, 2.24) is 0 Å². The summed E-state index contributed by atoms with van der Waals surface area (Å²) in [7, 11) is 0. The van der Waals surface area contributed by atoms with Crippen LogP contribution in [-0.2, 0) is 9.59 Å². The largest absolute Gasteiger partial charge is 0.274 e. The van der Waals surface area contributed by atoms with Gasteiger partial charge in [0, 0.05) is 0 Å². The van der Waals surface area contributed by atoms with Crippen molar-refractivity contribution in [2.45, 2.75) is 38.5 Å². The van der Waals surface area contributed by atoms with Gasteiger partial charge in [-0.1, -0.05) is 29.3 Å². The molecule has 0 aromatic heterocycles. The predicted molar refractivity (Wildman–Crippen MR) is 87.6 cm³/mol. The Balaban J connectivity index is 1.62. The van der Waals surface area contributed by atoms with E-state index < -0.39 is 0 Å². The topological polar surface area (TPSA) is 37.4 Å². The van der Waals surface area contributed by atoms with Crippen LogP contribution in [0.3, 0.4) is 0 Å². The summed E-state index contributed by atoms with van der Waals surface area (Å²) >= 11 is 0. The number of anilines is 1. The van der Waals surface area contributed by atoms with E-state index in [1.54, 1.807) is 11.1 Å². The Bertz CT molecular complexity index is 678. The molecule has 118 valence electrons. The van der Waals surface area contributed by atoms with Crippen LogP contribution in [0.2, 0.25) is 0 Å². The second kappa shape index (κ2) is 4.80. The quantitative estimate of drug-likeness (QED) is 0.586. The van der Waals surface area contributed by atoms with Crippen LogP contribution in [0.1, 0.15) is 38.5 Å². The molecule has 1 heterocycles. The molecule has 2 amide bonds.